The van der Waals surface area contributed by atoms with Crippen LogP contribution in [0.3, 0.4) is 0 Å². The summed E-state index contributed by atoms with van der Waals surface area (Å²) in [5.74, 6) is -0.594. The van der Waals surface area contributed by atoms with Crippen molar-refractivity contribution in [2.45, 2.75) is 426 Å². The van der Waals surface area contributed by atoms with E-state index in [2.05, 4.69) is 41.5 Å². The van der Waals surface area contributed by atoms with Gasteiger partial charge in [-0.2, -0.15) is 0 Å². The van der Waals surface area contributed by atoms with Gasteiger partial charge in [0.15, 0.2) is 12.2 Å². The fourth-order valence-electron chi connectivity index (χ4n) is 12.0. The van der Waals surface area contributed by atoms with E-state index in [4.69, 9.17) is 37.0 Å². The topological polar surface area (TPSA) is 237 Å². The summed E-state index contributed by atoms with van der Waals surface area (Å²) in [6, 6.07) is 0. The second-order valence-corrected chi connectivity index (χ2v) is 32.0. The van der Waals surface area contributed by atoms with Crippen molar-refractivity contribution in [1.29, 1.82) is 0 Å². The number of hydrogen-bond acceptors (Lipinski definition) is 15. The molecule has 0 spiro atoms. The highest BCUT2D eigenvalue weighted by Gasteiger charge is 2.30. The van der Waals surface area contributed by atoms with Crippen molar-refractivity contribution in [3.8, 4) is 0 Å². The minimum Gasteiger partial charge on any atom is -0.462 e. The highest BCUT2D eigenvalue weighted by Crippen LogP contribution is 2.45. The Balaban J connectivity index is 5.24. The van der Waals surface area contributed by atoms with Gasteiger partial charge in [-0.25, -0.2) is 9.13 Å². The van der Waals surface area contributed by atoms with Gasteiger partial charge in [0.2, 0.25) is 0 Å². The molecule has 0 saturated carbocycles. The van der Waals surface area contributed by atoms with Gasteiger partial charge in [-0.1, -0.05) is 356 Å². The molecule has 0 aromatic rings. The zero-order valence-electron chi connectivity index (χ0n) is 63.4. The molecule has 0 aromatic carbocycles. The molecule has 0 aliphatic rings. The van der Waals surface area contributed by atoms with Crippen LogP contribution in [0.1, 0.15) is 408 Å². The Morgan fingerprint density at radius 2 is 0.474 bits per heavy atom. The fraction of sp³-hybridized carbons (Fsp3) is 0.949. The maximum Gasteiger partial charge on any atom is 0.472 e. The number of phosphoric acid groups is 2. The number of esters is 4. The minimum absolute atomic E-state index is 0.106. The molecule has 5 atom stereocenters. The third-order valence-electron chi connectivity index (χ3n) is 18.2. The molecular weight excluding hydrogens is 1270 g/mol. The van der Waals surface area contributed by atoms with Crippen LogP contribution in [0.4, 0.5) is 0 Å². The lowest BCUT2D eigenvalue weighted by molar-refractivity contribution is -0.161. The molecule has 17 nitrogen and oxygen atoms in total. The fourth-order valence-corrected chi connectivity index (χ4v) is 13.6. The lowest BCUT2D eigenvalue weighted by Gasteiger charge is -2.21. The number of aliphatic hydroxyl groups is 1. The second kappa shape index (κ2) is 69.8. The van der Waals surface area contributed by atoms with Crippen LogP contribution in [-0.2, 0) is 65.4 Å². The highest BCUT2D eigenvalue weighted by molar-refractivity contribution is 7.47. The summed E-state index contributed by atoms with van der Waals surface area (Å²) >= 11 is 0. The summed E-state index contributed by atoms with van der Waals surface area (Å²) in [4.78, 5) is 72.9. The van der Waals surface area contributed by atoms with Gasteiger partial charge in [-0.3, -0.25) is 37.3 Å². The Hall–Kier alpha value is -1.94. The normalized spacial score (nSPS) is 14.0. The molecule has 0 aliphatic heterocycles. The molecule has 0 radical (unpaired) electrons. The smallest absolute Gasteiger partial charge is 0.462 e. The first kappa shape index (κ1) is 95.1. The van der Waals surface area contributed by atoms with Crippen LogP contribution < -0.4 is 0 Å². The predicted molar refractivity (Wildman–Crippen MR) is 395 cm³/mol. The standard InChI is InChI=1S/C78H152O17P2/c1-7-9-11-13-15-17-19-20-21-22-23-24-25-26-32-38-44-50-56-62-77(82)94-73(66-89-76(81)61-55-49-43-37-31-28-27-30-34-40-46-52-58-70(3)4)68-92-96(84,85)90-64-72(79)65-91-97(86,87)93-69-74(67-88-75(80)60-54-48-42-36-29-18-16-14-12-10-8-2)95-78(83)63-57-51-45-39-33-35-41-47-53-59-71(5)6/h70-74,79H,7-69H2,1-6H3,(H,84,85)(H,86,87)/t72-,73-,74-/m1/s1. The Bertz CT molecular complexity index is 1870. The van der Waals surface area contributed by atoms with Crippen LogP contribution in [0, 0.1) is 11.8 Å². The number of rotatable bonds is 77. The quantitative estimate of drug-likeness (QED) is 0.0222. The van der Waals surface area contributed by atoms with Crippen LogP contribution >= 0.6 is 15.6 Å². The summed E-state index contributed by atoms with van der Waals surface area (Å²) in [6.07, 6.45) is 58.2. The monoisotopic (exact) mass is 1420 g/mol. The van der Waals surface area contributed by atoms with E-state index in [-0.39, 0.29) is 25.7 Å². The zero-order valence-corrected chi connectivity index (χ0v) is 65.2. The van der Waals surface area contributed by atoms with E-state index in [0.717, 1.165) is 102 Å². The van der Waals surface area contributed by atoms with Crippen molar-refractivity contribution >= 4 is 39.5 Å². The van der Waals surface area contributed by atoms with E-state index >= 15 is 0 Å². The van der Waals surface area contributed by atoms with Crippen molar-refractivity contribution in [3.05, 3.63) is 0 Å². The molecule has 0 aliphatic carbocycles. The lowest BCUT2D eigenvalue weighted by atomic mass is 10.0. The van der Waals surface area contributed by atoms with Crippen molar-refractivity contribution in [2.24, 2.45) is 11.8 Å². The van der Waals surface area contributed by atoms with Gasteiger partial charge in [0, 0.05) is 25.7 Å². The third-order valence-corrected chi connectivity index (χ3v) is 20.1. The Labute approximate surface area is 594 Å². The van der Waals surface area contributed by atoms with Crippen molar-refractivity contribution < 1.29 is 80.2 Å². The predicted octanol–water partition coefficient (Wildman–Crippen LogP) is 23.1. The molecule has 0 saturated heterocycles. The summed E-state index contributed by atoms with van der Waals surface area (Å²) in [7, 11) is -9.91. The van der Waals surface area contributed by atoms with Gasteiger partial charge in [0.05, 0.1) is 26.4 Å². The molecule has 0 fully saturated rings. The van der Waals surface area contributed by atoms with Crippen molar-refractivity contribution in [3.63, 3.8) is 0 Å². The first-order valence-corrected chi connectivity index (χ1v) is 43.5. The zero-order chi connectivity index (χ0) is 71.4. The van der Waals surface area contributed by atoms with Crippen molar-refractivity contribution in [2.75, 3.05) is 39.6 Å². The van der Waals surface area contributed by atoms with E-state index in [9.17, 15) is 43.2 Å². The number of aliphatic hydroxyl groups excluding tert-OH is 1. The Kier molecular flexibility index (Phi) is 68.4. The SMILES string of the molecule is CCCCCCCCCCCCCCCCCCCCCC(=O)O[C@H](COC(=O)CCCCCCCCCCCCCCC(C)C)COP(=O)(O)OC[C@@H](O)COP(=O)(O)OC[C@@H](COC(=O)CCCCCCCCCCCCC)OC(=O)CCCCCCCCCCCC(C)C. The largest absolute Gasteiger partial charge is 0.472 e. The van der Waals surface area contributed by atoms with E-state index in [0.29, 0.717) is 25.7 Å². The highest BCUT2D eigenvalue weighted by atomic mass is 31.2. The molecule has 576 valence electrons. The molecule has 0 amide bonds. The van der Waals surface area contributed by atoms with Gasteiger partial charge in [-0.05, 0) is 37.5 Å². The lowest BCUT2D eigenvalue weighted by Crippen LogP contribution is -2.30. The molecule has 97 heavy (non-hydrogen) atoms. The minimum atomic E-state index is -4.96. The third kappa shape index (κ3) is 72.2. The first-order chi connectivity index (χ1) is 46.9. The van der Waals surface area contributed by atoms with E-state index < -0.39 is 97.5 Å². The molecule has 19 heteroatoms. The second-order valence-electron chi connectivity index (χ2n) is 29.1. The summed E-state index contributed by atoms with van der Waals surface area (Å²) in [5.41, 5.74) is 0. The number of hydrogen-bond donors (Lipinski definition) is 3. The van der Waals surface area contributed by atoms with E-state index in [1.54, 1.807) is 0 Å². The first-order valence-electron chi connectivity index (χ1n) is 40.5. The average Bonchev–Trinajstić information content (AvgIpc) is 1.16. The number of unbranched alkanes of at least 4 members (excludes halogenated alkanes) is 47. The van der Waals surface area contributed by atoms with Crippen LogP contribution in [0.2, 0.25) is 0 Å². The summed E-state index contributed by atoms with van der Waals surface area (Å²) < 4.78 is 68.6. The molecular formula is C78H152O17P2. The Morgan fingerprint density at radius 3 is 0.701 bits per heavy atom. The van der Waals surface area contributed by atoms with Crippen LogP contribution in [0.5, 0.6) is 0 Å². The number of carbonyl (C=O) groups is 4. The number of ether oxygens (including phenoxy) is 4. The van der Waals surface area contributed by atoms with Gasteiger partial charge >= 0.3 is 39.5 Å². The van der Waals surface area contributed by atoms with Gasteiger partial charge in [-0.15, -0.1) is 0 Å². The molecule has 3 N–H and O–H groups in total. The molecule has 0 rings (SSSR count). The van der Waals surface area contributed by atoms with E-state index in [1.807, 2.05) is 0 Å². The molecule has 0 heterocycles. The van der Waals surface area contributed by atoms with Crippen molar-refractivity contribution in [1.82, 2.24) is 0 Å². The molecule has 0 bridgehead atoms. The van der Waals surface area contributed by atoms with Crippen LogP contribution in [0.15, 0.2) is 0 Å². The van der Waals surface area contributed by atoms with Crippen LogP contribution in [0.25, 0.3) is 0 Å². The van der Waals surface area contributed by atoms with Crippen LogP contribution in [-0.4, -0.2) is 96.7 Å². The number of carbonyl (C=O) groups excluding carboxylic acids is 4. The molecule has 0 aromatic heterocycles. The Morgan fingerprint density at radius 1 is 0.278 bits per heavy atom. The van der Waals surface area contributed by atoms with E-state index in [1.165, 1.54) is 225 Å². The maximum absolute atomic E-state index is 13.1. The van der Waals surface area contributed by atoms with Gasteiger partial charge in [0.1, 0.15) is 19.3 Å². The molecule has 2 unspecified atom stereocenters. The maximum atomic E-state index is 13.1. The number of phosphoric ester groups is 2. The summed E-state index contributed by atoms with van der Waals surface area (Å²) in [5, 5.41) is 10.6. The van der Waals surface area contributed by atoms with Gasteiger partial charge in [0.25, 0.3) is 0 Å². The van der Waals surface area contributed by atoms with Gasteiger partial charge < -0.3 is 33.8 Å². The summed E-state index contributed by atoms with van der Waals surface area (Å²) in [6.45, 7) is 9.60. The average molecular weight is 1420 g/mol.